The van der Waals surface area contributed by atoms with E-state index in [0.29, 0.717) is 22.5 Å². The van der Waals surface area contributed by atoms with E-state index in [1.807, 2.05) is 32.9 Å². The highest BCUT2D eigenvalue weighted by atomic mass is 32.1. The first-order valence-corrected chi connectivity index (χ1v) is 11.3. The maximum absolute atomic E-state index is 12.2. The van der Waals surface area contributed by atoms with Crippen molar-refractivity contribution in [3.05, 3.63) is 46.8 Å². The maximum atomic E-state index is 12.2. The Morgan fingerprint density at radius 2 is 1.91 bits per heavy atom. The van der Waals surface area contributed by atoms with E-state index in [1.54, 1.807) is 18.5 Å². The molecule has 4 rings (SSSR count). The van der Waals surface area contributed by atoms with Gasteiger partial charge in [0.15, 0.2) is 10.9 Å². The van der Waals surface area contributed by atoms with Gasteiger partial charge in [-0.25, -0.2) is 14.8 Å². The fraction of sp³-hybridized carbons (Fsp3) is 0.409. The average molecular weight is 455 g/mol. The van der Waals surface area contributed by atoms with Gasteiger partial charge in [0.25, 0.3) is 0 Å². The number of nitrogens with one attached hydrogen (secondary N) is 3. The fourth-order valence-electron chi connectivity index (χ4n) is 2.95. The Balaban J connectivity index is 1.27. The second kappa shape index (κ2) is 9.07. The van der Waals surface area contributed by atoms with Crippen LogP contribution in [0.4, 0.5) is 21.6 Å². The maximum Gasteiger partial charge on any atom is 0.326 e. The van der Waals surface area contributed by atoms with E-state index in [0.717, 1.165) is 36.1 Å². The van der Waals surface area contributed by atoms with E-state index in [-0.39, 0.29) is 17.2 Å². The van der Waals surface area contributed by atoms with Crippen LogP contribution in [-0.4, -0.2) is 27.1 Å². The number of rotatable bonds is 7. The second-order valence-electron chi connectivity index (χ2n) is 8.85. The van der Waals surface area contributed by atoms with Crippen LogP contribution < -0.4 is 16.0 Å². The van der Waals surface area contributed by atoms with Crippen LogP contribution in [0.15, 0.2) is 35.1 Å². The lowest BCUT2D eigenvalue weighted by molar-refractivity contribution is -0.117. The van der Waals surface area contributed by atoms with Crippen molar-refractivity contribution in [3.63, 3.8) is 0 Å². The van der Waals surface area contributed by atoms with Crippen molar-refractivity contribution in [2.45, 2.75) is 51.9 Å². The average Bonchev–Trinajstić information content (AvgIpc) is 3.32. The highest BCUT2D eigenvalue weighted by Gasteiger charge is 2.29. The largest absolute Gasteiger partial charge is 0.359 e. The molecule has 1 aliphatic rings. The number of urea groups is 1. The Morgan fingerprint density at radius 1 is 1.09 bits per heavy atom. The van der Waals surface area contributed by atoms with Crippen LogP contribution in [0.2, 0.25) is 0 Å². The Hall–Kier alpha value is -3.27. The van der Waals surface area contributed by atoms with Crippen molar-refractivity contribution in [1.82, 2.24) is 15.1 Å². The molecule has 168 valence electrons. The van der Waals surface area contributed by atoms with Crippen LogP contribution in [0.3, 0.4) is 0 Å². The minimum absolute atomic E-state index is 0.0475. The smallest absolute Gasteiger partial charge is 0.326 e. The van der Waals surface area contributed by atoms with Gasteiger partial charge in [-0.1, -0.05) is 25.9 Å². The Labute approximate surface area is 190 Å². The molecule has 1 fully saturated rings. The number of nitrogens with zero attached hydrogens (tertiary/aromatic N) is 3. The minimum atomic E-state index is -0.426. The molecule has 10 heteroatoms. The van der Waals surface area contributed by atoms with E-state index in [1.165, 1.54) is 11.3 Å². The standard InChI is InChI=1S/C22H26N6O3S/c1-22(2,3)16-11-18(28-31-16)26-20(30)27-21-24-12-15(32-21)7-4-13-8-9-23-17(10-13)25-19(29)14-5-6-14/h8-12,14H,4-7H2,1-3H3,(H,23,25,29)(H2,24,26,27,28,30). The van der Waals surface area contributed by atoms with Crippen LogP contribution in [0, 0.1) is 5.92 Å². The summed E-state index contributed by atoms with van der Waals surface area (Å²) in [5.41, 5.74) is 0.888. The molecule has 0 unspecified atom stereocenters. The monoisotopic (exact) mass is 454 g/mol. The van der Waals surface area contributed by atoms with Gasteiger partial charge in [-0.05, 0) is 43.4 Å². The summed E-state index contributed by atoms with van der Waals surface area (Å²) in [6.07, 6.45) is 6.92. The summed E-state index contributed by atoms with van der Waals surface area (Å²) >= 11 is 1.42. The lowest BCUT2D eigenvalue weighted by Crippen LogP contribution is -2.19. The number of hydrogen-bond donors (Lipinski definition) is 3. The lowest BCUT2D eigenvalue weighted by Gasteiger charge is -2.12. The van der Waals surface area contributed by atoms with Crippen molar-refractivity contribution >= 4 is 40.0 Å². The van der Waals surface area contributed by atoms with Crippen LogP contribution in [0.5, 0.6) is 0 Å². The number of anilines is 3. The van der Waals surface area contributed by atoms with Crippen molar-refractivity contribution in [2.75, 3.05) is 16.0 Å². The first-order valence-electron chi connectivity index (χ1n) is 10.5. The topological polar surface area (TPSA) is 122 Å². The SMILES string of the molecule is CC(C)(C)c1cc(NC(=O)Nc2ncc(CCc3ccnc(NC(=O)C4CC4)c3)s2)no1. The predicted octanol–water partition coefficient (Wildman–Crippen LogP) is 4.60. The molecule has 3 aromatic rings. The van der Waals surface area contributed by atoms with Gasteiger partial charge in [-0.2, -0.15) is 0 Å². The summed E-state index contributed by atoms with van der Waals surface area (Å²) in [5.74, 6) is 1.82. The summed E-state index contributed by atoms with van der Waals surface area (Å²) in [4.78, 5) is 33.7. The molecule has 0 radical (unpaired) electrons. The van der Waals surface area contributed by atoms with Gasteiger partial charge in [0.05, 0.1) is 0 Å². The predicted molar refractivity (Wildman–Crippen MR) is 123 cm³/mol. The summed E-state index contributed by atoms with van der Waals surface area (Å²) < 4.78 is 5.27. The molecule has 0 saturated heterocycles. The number of thiazole rings is 1. The number of aryl methyl sites for hydroxylation is 2. The Kier molecular flexibility index (Phi) is 6.22. The van der Waals surface area contributed by atoms with Crippen LogP contribution in [0.25, 0.3) is 0 Å². The van der Waals surface area contributed by atoms with E-state index < -0.39 is 6.03 Å². The summed E-state index contributed by atoms with van der Waals surface area (Å²) in [5, 5.41) is 12.6. The number of carbonyl (C=O) groups excluding carboxylic acids is 2. The molecule has 0 spiro atoms. The van der Waals surface area contributed by atoms with Gasteiger partial charge in [0.1, 0.15) is 11.6 Å². The normalized spacial score (nSPS) is 13.6. The Bertz CT molecular complexity index is 1110. The van der Waals surface area contributed by atoms with Crippen molar-refractivity contribution in [1.29, 1.82) is 0 Å². The van der Waals surface area contributed by atoms with Crippen molar-refractivity contribution in [3.8, 4) is 0 Å². The fourth-order valence-corrected chi connectivity index (χ4v) is 3.76. The first-order chi connectivity index (χ1) is 15.3. The molecule has 0 aliphatic heterocycles. The zero-order chi connectivity index (χ0) is 22.7. The molecule has 1 saturated carbocycles. The molecule has 3 aromatic heterocycles. The van der Waals surface area contributed by atoms with Gasteiger partial charge in [-0.15, -0.1) is 11.3 Å². The second-order valence-corrected chi connectivity index (χ2v) is 9.97. The van der Waals surface area contributed by atoms with E-state index in [4.69, 9.17) is 4.52 Å². The molecule has 3 N–H and O–H groups in total. The third kappa shape index (κ3) is 5.91. The van der Waals surface area contributed by atoms with Gasteiger partial charge in [0.2, 0.25) is 5.91 Å². The van der Waals surface area contributed by atoms with Crippen LogP contribution in [0.1, 0.15) is 49.8 Å². The van der Waals surface area contributed by atoms with Crippen LogP contribution >= 0.6 is 11.3 Å². The van der Waals surface area contributed by atoms with Crippen molar-refractivity contribution < 1.29 is 14.1 Å². The molecule has 3 heterocycles. The number of hydrogen-bond acceptors (Lipinski definition) is 7. The molecule has 0 aromatic carbocycles. The molecule has 9 nitrogen and oxygen atoms in total. The summed E-state index contributed by atoms with van der Waals surface area (Å²) in [6, 6.07) is 5.12. The zero-order valence-electron chi connectivity index (χ0n) is 18.3. The third-order valence-electron chi connectivity index (χ3n) is 4.95. The molecule has 0 bridgehead atoms. The molecule has 32 heavy (non-hydrogen) atoms. The lowest BCUT2D eigenvalue weighted by atomic mass is 9.93. The highest BCUT2D eigenvalue weighted by molar-refractivity contribution is 7.15. The number of aromatic nitrogens is 3. The minimum Gasteiger partial charge on any atom is -0.359 e. The number of carbonyl (C=O) groups is 2. The molecule has 0 atom stereocenters. The molecular weight excluding hydrogens is 428 g/mol. The van der Waals surface area contributed by atoms with E-state index in [2.05, 4.69) is 31.1 Å². The van der Waals surface area contributed by atoms with Gasteiger partial charge in [0, 0.05) is 34.7 Å². The first kappa shape index (κ1) is 21.9. The number of pyridine rings is 1. The highest BCUT2D eigenvalue weighted by Crippen LogP contribution is 2.30. The quantitative estimate of drug-likeness (QED) is 0.479. The summed E-state index contributed by atoms with van der Waals surface area (Å²) in [7, 11) is 0. The van der Waals surface area contributed by atoms with Gasteiger partial charge >= 0.3 is 6.03 Å². The molecule has 3 amide bonds. The van der Waals surface area contributed by atoms with Crippen molar-refractivity contribution in [2.24, 2.45) is 5.92 Å². The molecule has 1 aliphatic carbocycles. The van der Waals surface area contributed by atoms with Gasteiger partial charge in [-0.3, -0.25) is 15.4 Å². The third-order valence-corrected chi connectivity index (χ3v) is 5.92. The number of amides is 3. The molecular formula is C22H26N6O3S. The zero-order valence-corrected chi connectivity index (χ0v) is 19.1. The van der Waals surface area contributed by atoms with Crippen LogP contribution in [-0.2, 0) is 23.1 Å². The van der Waals surface area contributed by atoms with E-state index >= 15 is 0 Å². The van der Waals surface area contributed by atoms with Gasteiger partial charge < -0.3 is 9.84 Å². The van der Waals surface area contributed by atoms with E-state index in [9.17, 15) is 9.59 Å². The summed E-state index contributed by atoms with van der Waals surface area (Å²) in [6.45, 7) is 6.02. The Morgan fingerprint density at radius 3 is 2.62 bits per heavy atom.